The highest BCUT2D eigenvalue weighted by molar-refractivity contribution is 5.43. The normalized spacial score (nSPS) is 19.7. The molecule has 1 aliphatic heterocycles. The van der Waals surface area contributed by atoms with Crippen molar-refractivity contribution in [3.8, 4) is 0 Å². The Balaban J connectivity index is 1.59. The van der Waals surface area contributed by atoms with Crippen molar-refractivity contribution in [2.24, 2.45) is 5.92 Å². The molecule has 3 rings (SSSR count). The van der Waals surface area contributed by atoms with Crippen LogP contribution in [0.15, 0.2) is 12.1 Å². The van der Waals surface area contributed by atoms with Gasteiger partial charge in [0.2, 0.25) is 0 Å². The number of rotatable bonds is 4. The maximum absolute atomic E-state index is 4.87. The quantitative estimate of drug-likeness (QED) is 0.900. The van der Waals surface area contributed by atoms with E-state index in [1.54, 1.807) is 0 Å². The minimum atomic E-state index is 0.852. The van der Waals surface area contributed by atoms with Crippen molar-refractivity contribution < 1.29 is 0 Å². The smallest absolute Gasteiger partial charge is 0.128 e. The first-order chi connectivity index (χ1) is 9.36. The molecule has 0 atom stereocenters. The number of hydrogen-bond acceptors (Lipinski definition) is 3. The van der Waals surface area contributed by atoms with Crippen molar-refractivity contribution in [1.82, 2.24) is 10.3 Å². The highest BCUT2D eigenvalue weighted by Crippen LogP contribution is 2.26. The Morgan fingerprint density at radius 3 is 2.89 bits per heavy atom. The molecule has 1 N–H and O–H groups in total. The number of aryl methyl sites for hydroxylation is 2. The Kier molecular flexibility index (Phi) is 4.02. The first kappa shape index (κ1) is 12.9. The zero-order chi connectivity index (χ0) is 13.1. The first-order valence-electron chi connectivity index (χ1n) is 7.81. The van der Waals surface area contributed by atoms with E-state index in [2.05, 4.69) is 29.3 Å². The third-order valence-electron chi connectivity index (χ3n) is 4.53. The van der Waals surface area contributed by atoms with Gasteiger partial charge in [-0.15, -0.1) is 0 Å². The molecule has 0 aromatic carbocycles. The van der Waals surface area contributed by atoms with Gasteiger partial charge in [-0.1, -0.05) is 13.0 Å². The summed E-state index contributed by atoms with van der Waals surface area (Å²) in [7, 11) is 0. The molecular weight excluding hydrogens is 234 g/mol. The summed E-state index contributed by atoms with van der Waals surface area (Å²) >= 11 is 0. The minimum Gasteiger partial charge on any atom is -0.357 e. The monoisotopic (exact) mass is 259 g/mol. The molecule has 0 amide bonds. The van der Waals surface area contributed by atoms with Crippen LogP contribution in [-0.4, -0.2) is 31.2 Å². The third-order valence-corrected chi connectivity index (χ3v) is 4.53. The largest absolute Gasteiger partial charge is 0.357 e. The molecule has 1 aromatic heterocycles. The van der Waals surface area contributed by atoms with E-state index in [1.807, 2.05) is 0 Å². The molecule has 0 unspecified atom stereocenters. The first-order valence-corrected chi connectivity index (χ1v) is 7.81. The van der Waals surface area contributed by atoms with Crippen LogP contribution in [0.3, 0.4) is 0 Å². The van der Waals surface area contributed by atoms with Crippen molar-refractivity contribution in [3.05, 3.63) is 23.4 Å². The molecule has 0 bridgehead atoms. The van der Waals surface area contributed by atoms with Crippen LogP contribution < -0.4 is 10.2 Å². The lowest BCUT2D eigenvalue weighted by Crippen LogP contribution is -2.37. The van der Waals surface area contributed by atoms with Gasteiger partial charge in [-0.3, -0.25) is 0 Å². The number of nitrogens with zero attached hydrogens (tertiary/aromatic N) is 2. The maximum Gasteiger partial charge on any atom is 0.128 e. The van der Waals surface area contributed by atoms with E-state index in [1.165, 1.54) is 68.8 Å². The van der Waals surface area contributed by atoms with Gasteiger partial charge >= 0.3 is 0 Å². The van der Waals surface area contributed by atoms with Gasteiger partial charge in [0.1, 0.15) is 5.82 Å². The number of fused-ring (bicyclic) bond motifs is 1. The van der Waals surface area contributed by atoms with Gasteiger partial charge in [0.05, 0.1) is 0 Å². The van der Waals surface area contributed by atoms with Gasteiger partial charge in [-0.2, -0.15) is 0 Å². The second-order valence-corrected chi connectivity index (χ2v) is 5.87. The van der Waals surface area contributed by atoms with Gasteiger partial charge in [0, 0.05) is 18.8 Å². The average molecular weight is 259 g/mol. The Morgan fingerprint density at radius 1 is 1.26 bits per heavy atom. The van der Waals surface area contributed by atoms with Crippen LogP contribution in [0.25, 0.3) is 0 Å². The zero-order valence-electron chi connectivity index (χ0n) is 12.0. The van der Waals surface area contributed by atoms with Crippen molar-refractivity contribution in [1.29, 1.82) is 0 Å². The summed E-state index contributed by atoms with van der Waals surface area (Å²) in [5, 5.41) is 3.47. The number of piperidine rings is 1. The highest BCUT2D eigenvalue weighted by Gasteiger charge is 2.21. The van der Waals surface area contributed by atoms with Gasteiger partial charge in [-0.05, 0) is 62.7 Å². The number of anilines is 1. The Bertz CT molecular complexity index is 422. The lowest BCUT2D eigenvalue weighted by Gasteiger charge is -2.33. The molecule has 0 radical (unpaired) electrons. The van der Waals surface area contributed by atoms with Crippen LogP contribution >= 0.6 is 0 Å². The van der Waals surface area contributed by atoms with Crippen molar-refractivity contribution in [3.63, 3.8) is 0 Å². The number of aromatic nitrogens is 1. The SMILES string of the molecule is CCNCC1CCN(c2ccc3c(n2)CCC3)CC1. The molecule has 2 aliphatic rings. The molecule has 1 aromatic rings. The zero-order valence-corrected chi connectivity index (χ0v) is 12.0. The molecule has 1 fully saturated rings. The van der Waals surface area contributed by atoms with Crippen LogP contribution in [-0.2, 0) is 12.8 Å². The van der Waals surface area contributed by atoms with Crippen LogP contribution in [0.1, 0.15) is 37.4 Å². The summed E-state index contributed by atoms with van der Waals surface area (Å²) in [6.07, 6.45) is 6.29. The molecule has 3 heteroatoms. The van der Waals surface area contributed by atoms with E-state index in [-0.39, 0.29) is 0 Å². The summed E-state index contributed by atoms with van der Waals surface area (Å²) in [6, 6.07) is 4.53. The summed E-state index contributed by atoms with van der Waals surface area (Å²) < 4.78 is 0. The molecule has 2 heterocycles. The van der Waals surface area contributed by atoms with Crippen LogP contribution in [0.5, 0.6) is 0 Å². The lowest BCUT2D eigenvalue weighted by atomic mass is 9.97. The van der Waals surface area contributed by atoms with E-state index in [4.69, 9.17) is 4.98 Å². The summed E-state index contributed by atoms with van der Waals surface area (Å²) in [4.78, 5) is 7.35. The number of pyridine rings is 1. The van der Waals surface area contributed by atoms with Gasteiger partial charge in [0.15, 0.2) is 0 Å². The summed E-state index contributed by atoms with van der Waals surface area (Å²) in [5.41, 5.74) is 2.83. The molecular formula is C16H25N3. The topological polar surface area (TPSA) is 28.2 Å². The van der Waals surface area contributed by atoms with Crippen LogP contribution in [0, 0.1) is 5.92 Å². The fourth-order valence-corrected chi connectivity index (χ4v) is 3.30. The van der Waals surface area contributed by atoms with Crippen molar-refractivity contribution in [2.45, 2.75) is 39.0 Å². The predicted molar refractivity (Wildman–Crippen MR) is 79.7 cm³/mol. The summed E-state index contributed by atoms with van der Waals surface area (Å²) in [5.74, 6) is 2.06. The molecule has 3 nitrogen and oxygen atoms in total. The Labute approximate surface area is 116 Å². The number of nitrogens with one attached hydrogen (secondary N) is 1. The molecule has 1 saturated heterocycles. The fraction of sp³-hybridized carbons (Fsp3) is 0.688. The van der Waals surface area contributed by atoms with Crippen molar-refractivity contribution in [2.75, 3.05) is 31.1 Å². The number of hydrogen-bond donors (Lipinski definition) is 1. The van der Waals surface area contributed by atoms with Gasteiger partial charge < -0.3 is 10.2 Å². The molecule has 104 valence electrons. The maximum atomic E-state index is 4.87. The predicted octanol–water partition coefficient (Wildman–Crippen LogP) is 2.40. The second-order valence-electron chi connectivity index (χ2n) is 5.87. The molecule has 19 heavy (non-hydrogen) atoms. The Hall–Kier alpha value is -1.09. The van der Waals surface area contributed by atoms with E-state index >= 15 is 0 Å². The van der Waals surface area contributed by atoms with Gasteiger partial charge in [0.25, 0.3) is 0 Å². The third kappa shape index (κ3) is 2.92. The van der Waals surface area contributed by atoms with Gasteiger partial charge in [-0.25, -0.2) is 4.98 Å². The second kappa shape index (κ2) is 5.91. The lowest BCUT2D eigenvalue weighted by molar-refractivity contribution is 0.385. The average Bonchev–Trinajstić information content (AvgIpc) is 2.93. The van der Waals surface area contributed by atoms with Crippen LogP contribution in [0.4, 0.5) is 5.82 Å². The molecule has 1 aliphatic carbocycles. The minimum absolute atomic E-state index is 0.852. The van der Waals surface area contributed by atoms with E-state index < -0.39 is 0 Å². The van der Waals surface area contributed by atoms with E-state index in [9.17, 15) is 0 Å². The summed E-state index contributed by atoms with van der Waals surface area (Å²) in [6.45, 7) is 6.79. The molecule has 0 spiro atoms. The van der Waals surface area contributed by atoms with E-state index in [0.717, 1.165) is 12.5 Å². The molecule has 0 saturated carbocycles. The Morgan fingerprint density at radius 2 is 2.11 bits per heavy atom. The fourth-order valence-electron chi connectivity index (χ4n) is 3.30. The van der Waals surface area contributed by atoms with Crippen molar-refractivity contribution >= 4 is 5.82 Å². The van der Waals surface area contributed by atoms with Crippen LogP contribution in [0.2, 0.25) is 0 Å². The van der Waals surface area contributed by atoms with E-state index in [0.29, 0.717) is 0 Å². The standard InChI is InChI=1S/C16H25N3/c1-2-17-12-13-8-10-19(11-9-13)16-7-6-14-4-3-5-15(14)18-16/h6-7,13,17H,2-5,8-12H2,1H3. The highest BCUT2D eigenvalue weighted by atomic mass is 15.2.